The van der Waals surface area contributed by atoms with Gasteiger partial charge in [0, 0.05) is 7.11 Å². The van der Waals surface area contributed by atoms with E-state index in [0.29, 0.717) is 0 Å². The van der Waals surface area contributed by atoms with Gasteiger partial charge in [-0.1, -0.05) is 37.3 Å². The predicted octanol–water partition coefficient (Wildman–Crippen LogP) is 7.05. The van der Waals surface area contributed by atoms with Crippen LogP contribution in [0.3, 0.4) is 0 Å². The normalized spacial score (nSPS) is 31.4. The van der Waals surface area contributed by atoms with Crippen LogP contribution in [-0.2, 0) is 4.74 Å². The fraction of sp³-hybridized carbons (Fsp3) is 0.667. The highest BCUT2D eigenvalue weighted by molar-refractivity contribution is 5.27. The van der Waals surface area contributed by atoms with Gasteiger partial charge in [-0.3, -0.25) is 0 Å². The van der Waals surface area contributed by atoms with E-state index in [4.69, 9.17) is 4.74 Å². The van der Waals surface area contributed by atoms with Crippen molar-refractivity contribution < 1.29 is 4.74 Å². The Bertz CT molecular complexity index is 512. The van der Waals surface area contributed by atoms with Crippen molar-refractivity contribution in [3.63, 3.8) is 0 Å². The molecule has 2 aliphatic rings. The molecule has 2 aliphatic carbocycles. The number of ether oxygens (including phenoxy) is 1. The lowest BCUT2D eigenvalue weighted by molar-refractivity contribution is 0.1000. The lowest BCUT2D eigenvalue weighted by atomic mass is 9.68. The first-order valence-corrected chi connectivity index (χ1v) is 10.5. The maximum atomic E-state index is 5.56. The van der Waals surface area contributed by atoms with Crippen LogP contribution in [0.25, 0.3) is 0 Å². The maximum Gasteiger partial charge on any atom is 0.0818 e. The molecule has 1 unspecified atom stereocenters. The second kappa shape index (κ2) is 9.03. The number of hydrogen-bond acceptors (Lipinski definition) is 1. The van der Waals surface area contributed by atoms with E-state index in [1.807, 2.05) is 7.11 Å². The summed E-state index contributed by atoms with van der Waals surface area (Å²) in [5.74, 6) is 3.55. The van der Waals surface area contributed by atoms with Gasteiger partial charge in [0.25, 0.3) is 0 Å². The number of hydrogen-bond donors (Lipinski definition) is 0. The van der Waals surface area contributed by atoms with Crippen LogP contribution in [0.2, 0.25) is 0 Å². The second-order valence-electron chi connectivity index (χ2n) is 8.32. The van der Waals surface area contributed by atoms with Gasteiger partial charge in [0.15, 0.2) is 0 Å². The fourth-order valence-corrected chi connectivity index (χ4v) is 5.30. The molecule has 1 nitrogen and oxygen atoms in total. The molecule has 0 saturated heterocycles. The van der Waals surface area contributed by atoms with Crippen molar-refractivity contribution in [1.29, 1.82) is 0 Å². The number of benzene rings is 1. The topological polar surface area (TPSA) is 9.23 Å². The Labute approximate surface area is 154 Å². The molecule has 0 radical (unpaired) electrons. The van der Waals surface area contributed by atoms with Gasteiger partial charge in [-0.05, 0) is 92.6 Å². The monoisotopic (exact) mass is 340 g/mol. The molecule has 0 aromatic heterocycles. The largest absolute Gasteiger partial charge is 0.377 e. The molecule has 0 heterocycles. The number of methoxy groups -OCH3 is 1. The van der Waals surface area contributed by atoms with E-state index in [1.54, 1.807) is 5.56 Å². The van der Waals surface area contributed by atoms with Gasteiger partial charge in [-0.25, -0.2) is 0 Å². The summed E-state index contributed by atoms with van der Waals surface area (Å²) in [5.41, 5.74) is 2.87. The highest BCUT2D eigenvalue weighted by Crippen LogP contribution is 2.44. The van der Waals surface area contributed by atoms with Crippen molar-refractivity contribution in [3.8, 4) is 0 Å². The lowest BCUT2D eigenvalue weighted by Crippen LogP contribution is -2.25. The summed E-state index contributed by atoms with van der Waals surface area (Å²) in [6.07, 6.45) is 14.7. The first-order chi connectivity index (χ1) is 12.2. The summed E-state index contributed by atoms with van der Waals surface area (Å²) in [4.78, 5) is 0. The molecular formula is C24H36O. The third kappa shape index (κ3) is 4.56. The Morgan fingerprint density at radius 1 is 0.960 bits per heavy atom. The third-order valence-electron chi connectivity index (χ3n) is 7.02. The van der Waals surface area contributed by atoms with E-state index in [1.165, 1.54) is 56.9 Å². The molecule has 2 fully saturated rings. The summed E-state index contributed by atoms with van der Waals surface area (Å²) in [5, 5.41) is 0. The highest BCUT2D eigenvalue weighted by atomic mass is 16.5. The molecule has 138 valence electrons. The van der Waals surface area contributed by atoms with Gasteiger partial charge in [0.05, 0.1) is 6.10 Å². The van der Waals surface area contributed by atoms with Crippen molar-refractivity contribution in [2.45, 2.75) is 76.7 Å². The summed E-state index contributed by atoms with van der Waals surface area (Å²) in [6.45, 7) is 6.17. The zero-order valence-electron chi connectivity index (χ0n) is 16.3. The van der Waals surface area contributed by atoms with Gasteiger partial charge in [-0.2, -0.15) is 0 Å². The van der Waals surface area contributed by atoms with E-state index >= 15 is 0 Å². The van der Waals surface area contributed by atoms with E-state index in [0.717, 1.165) is 30.1 Å². The van der Waals surface area contributed by atoms with Crippen molar-refractivity contribution in [1.82, 2.24) is 0 Å². The molecule has 1 atom stereocenters. The number of allylic oxidation sites excluding steroid dienone is 1. The first kappa shape index (κ1) is 18.7. The summed E-state index contributed by atoms with van der Waals surface area (Å²) in [7, 11) is 1.81. The molecule has 0 bridgehead atoms. The summed E-state index contributed by atoms with van der Waals surface area (Å²) >= 11 is 0. The molecule has 2 saturated carbocycles. The smallest absolute Gasteiger partial charge is 0.0818 e. The maximum absolute atomic E-state index is 5.56. The molecule has 1 aromatic carbocycles. The average molecular weight is 341 g/mol. The molecule has 1 heteroatoms. The lowest BCUT2D eigenvalue weighted by Gasteiger charge is -2.37. The minimum atomic E-state index is 0.246. The molecule has 3 rings (SSSR count). The Morgan fingerprint density at radius 2 is 1.52 bits per heavy atom. The van der Waals surface area contributed by atoms with Crippen LogP contribution in [0.1, 0.15) is 87.9 Å². The van der Waals surface area contributed by atoms with Crippen molar-refractivity contribution in [2.75, 3.05) is 7.11 Å². The van der Waals surface area contributed by atoms with Crippen molar-refractivity contribution in [3.05, 3.63) is 48.0 Å². The minimum absolute atomic E-state index is 0.246. The van der Waals surface area contributed by atoms with Crippen molar-refractivity contribution in [2.24, 2.45) is 17.8 Å². The van der Waals surface area contributed by atoms with E-state index in [9.17, 15) is 0 Å². The minimum Gasteiger partial charge on any atom is -0.377 e. The molecule has 0 spiro atoms. The molecular weight excluding hydrogens is 304 g/mol. The van der Waals surface area contributed by atoms with Crippen LogP contribution in [0.15, 0.2) is 36.9 Å². The Morgan fingerprint density at radius 3 is 2.00 bits per heavy atom. The van der Waals surface area contributed by atoms with E-state index < -0.39 is 0 Å². The molecule has 0 N–H and O–H groups in total. The van der Waals surface area contributed by atoms with E-state index in [2.05, 4.69) is 43.8 Å². The Balaban J connectivity index is 1.51. The van der Waals surface area contributed by atoms with Gasteiger partial charge in [0.2, 0.25) is 0 Å². The van der Waals surface area contributed by atoms with Crippen LogP contribution in [0.5, 0.6) is 0 Å². The number of rotatable bonds is 6. The van der Waals surface area contributed by atoms with Crippen molar-refractivity contribution >= 4 is 0 Å². The average Bonchev–Trinajstić information content (AvgIpc) is 2.70. The van der Waals surface area contributed by atoms with E-state index in [-0.39, 0.29) is 6.10 Å². The standard InChI is InChI=1S/C24H36O/c1-4-18-6-8-19(9-7-18)20-10-12-21(13-11-20)22-14-16-23(17-15-22)24(5-2)25-3/h4,14-21,24H,1,5-13H2,2-3H3/t18-,19-,20?,21?,24?. The molecule has 25 heavy (non-hydrogen) atoms. The van der Waals surface area contributed by atoms with Gasteiger partial charge in [-0.15, -0.1) is 6.58 Å². The Kier molecular flexibility index (Phi) is 6.76. The molecule has 0 amide bonds. The summed E-state index contributed by atoms with van der Waals surface area (Å²) in [6, 6.07) is 9.29. The second-order valence-corrected chi connectivity index (χ2v) is 8.32. The van der Waals surface area contributed by atoms with Crippen LogP contribution in [0, 0.1) is 17.8 Å². The van der Waals surface area contributed by atoms with Gasteiger partial charge >= 0.3 is 0 Å². The zero-order valence-corrected chi connectivity index (χ0v) is 16.3. The third-order valence-corrected chi connectivity index (χ3v) is 7.02. The van der Waals surface area contributed by atoms with Crippen LogP contribution in [-0.4, -0.2) is 7.11 Å². The van der Waals surface area contributed by atoms with Crippen LogP contribution in [0.4, 0.5) is 0 Å². The van der Waals surface area contributed by atoms with Gasteiger partial charge < -0.3 is 4.74 Å². The molecule has 0 aliphatic heterocycles. The fourth-order valence-electron chi connectivity index (χ4n) is 5.30. The Hall–Kier alpha value is -1.08. The summed E-state index contributed by atoms with van der Waals surface area (Å²) < 4.78 is 5.56. The zero-order chi connectivity index (χ0) is 17.6. The van der Waals surface area contributed by atoms with Crippen LogP contribution >= 0.6 is 0 Å². The SMILES string of the molecule is C=C[C@H]1CC[C@H](C2CCC(c3ccc(C(CC)OC)cc3)CC2)CC1. The molecule has 1 aromatic rings. The van der Waals surface area contributed by atoms with Crippen LogP contribution < -0.4 is 0 Å². The quantitative estimate of drug-likeness (QED) is 0.504. The van der Waals surface area contributed by atoms with Gasteiger partial charge in [0.1, 0.15) is 0 Å². The highest BCUT2D eigenvalue weighted by Gasteiger charge is 2.30. The predicted molar refractivity (Wildman–Crippen MR) is 107 cm³/mol. The first-order valence-electron chi connectivity index (χ1n) is 10.5.